The number of anilines is 1. The van der Waals surface area contributed by atoms with Crippen LogP contribution in [0.3, 0.4) is 0 Å². The number of aromatic nitrogens is 2. The maximum atomic E-state index is 5.63. The van der Waals surface area contributed by atoms with E-state index in [2.05, 4.69) is 10.2 Å². The van der Waals surface area contributed by atoms with Gasteiger partial charge in [0.2, 0.25) is 5.13 Å². The van der Waals surface area contributed by atoms with Gasteiger partial charge in [-0.05, 0) is 6.92 Å². The lowest BCUT2D eigenvalue weighted by molar-refractivity contribution is 0.845. The second-order valence-corrected chi connectivity index (χ2v) is 5.26. The monoisotopic (exact) mass is 218 g/mol. The Hall–Kier alpha value is -0.330. The Kier molecular flexibility index (Phi) is 3.95. The summed E-state index contributed by atoms with van der Waals surface area (Å²) in [6.07, 6.45) is 0. The van der Waals surface area contributed by atoms with E-state index in [1.807, 2.05) is 25.9 Å². The van der Waals surface area contributed by atoms with Crippen molar-refractivity contribution in [2.24, 2.45) is 5.73 Å². The van der Waals surface area contributed by atoms with Gasteiger partial charge in [0.25, 0.3) is 0 Å². The molecule has 0 fully saturated rings. The summed E-state index contributed by atoms with van der Waals surface area (Å²) in [6, 6.07) is 0.205. The van der Waals surface area contributed by atoms with E-state index in [0.717, 1.165) is 15.2 Å². The van der Waals surface area contributed by atoms with Gasteiger partial charge in [-0.2, -0.15) is 0 Å². The SMILES string of the molecule is CC(N)CSc1nnc(N(C)C)s1. The van der Waals surface area contributed by atoms with E-state index in [9.17, 15) is 0 Å². The second-order valence-electron chi connectivity index (χ2n) is 3.03. The van der Waals surface area contributed by atoms with Gasteiger partial charge >= 0.3 is 0 Å². The predicted molar refractivity (Wildman–Crippen MR) is 58.6 cm³/mol. The number of nitrogens with zero attached hydrogens (tertiary/aromatic N) is 3. The average molecular weight is 218 g/mol. The molecule has 13 heavy (non-hydrogen) atoms. The third-order valence-corrected chi connectivity index (χ3v) is 3.76. The first-order chi connectivity index (χ1) is 6.09. The largest absolute Gasteiger partial charge is 0.353 e. The first-order valence-electron chi connectivity index (χ1n) is 3.99. The first kappa shape index (κ1) is 10.7. The molecule has 1 aromatic rings. The quantitative estimate of drug-likeness (QED) is 0.765. The fourth-order valence-corrected chi connectivity index (χ4v) is 2.31. The molecule has 0 saturated carbocycles. The van der Waals surface area contributed by atoms with Gasteiger partial charge in [0.15, 0.2) is 4.34 Å². The molecular formula is C7H14N4S2. The smallest absolute Gasteiger partial charge is 0.208 e. The summed E-state index contributed by atoms with van der Waals surface area (Å²) < 4.78 is 0.987. The van der Waals surface area contributed by atoms with Crippen LogP contribution in [0.15, 0.2) is 4.34 Å². The highest BCUT2D eigenvalue weighted by Gasteiger charge is 2.06. The molecule has 6 heteroatoms. The minimum Gasteiger partial charge on any atom is -0.353 e. The van der Waals surface area contributed by atoms with Crippen molar-refractivity contribution in [3.8, 4) is 0 Å². The normalized spacial score (nSPS) is 12.9. The molecule has 0 aromatic carbocycles. The third kappa shape index (κ3) is 3.50. The Bertz CT molecular complexity index is 259. The van der Waals surface area contributed by atoms with Crippen molar-refractivity contribution in [1.29, 1.82) is 0 Å². The van der Waals surface area contributed by atoms with Crippen LogP contribution in [0.5, 0.6) is 0 Å². The molecule has 1 atom stereocenters. The van der Waals surface area contributed by atoms with E-state index in [1.165, 1.54) is 0 Å². The minimum absolute atomic E-state index is 0.205. The molecule has 0 aliphatic rings. The molecule has 0 bridgehead atoms. The Morgan fingerprint density at radius 1 is 1.54 bits per heavy atom. The summed E-state index contributed by atoms with van der Waals surface area (Å²) in [6.45, 7) is 1.99. The number of rotatable bonds is 4. The van der Waals surface area contributed by atoms with E-state index in [4.69, 9.17) is 5.73 Å². The van der Waals surface area contributed by atoms with E-state index in [-0.39, 0.29) is 6.04 Å². The molecule has 0 aliphatic heterocycles. The van der Waals surface area contributed by atoms with Crippen molar-refractivity contribution in [3.05, 3.63) is 0 Å². The van der Waals surface area contributed by atoms with Gasteiger partial charge in [0.1, 0.15) is 0 Å². The molecule has 1 unspecified atom stereocenters. The zero-order valence-corrected chi connectivity index (χ0v) is 9.65. The van der Waals surface area contributed by atoms with Crippen LogP contribution < -0.4 is 10.6 Å². The van der Waals surface area contributed by atoms with Crippen LogP contribution in [0.1, 0.15) is 6.92 Å². The molecule has 0 spiro atoms. The van der Waals surface area contributed by atoms with Crippen molar-refractivity contribution in [2.45, 2.75) is 17.3 Å². The lowest BCUT2D eigenvalue weighted by Gasteiger charge is -2.04. The van der Waals surface area contributed by atoms with Gasteiger partial charge in [0.05, 0.1) is 0 Å². The van der Waals surface area contributed by atoms with Gasteiger partial charge in [-0.15, -0.1) is 10.2 Å². The van der Waals surface area contributed by atoms with Crippen LogP contribution in [0.25, 0.3) is 0 Å². The molecule has 0 saturated heterocycles. The summed E-state index contributed by atoms with van der Waals surface area (Å²) in [4.78, 5) is 1.95. The summed E-state index contributed by atoms with van der Waals surface area (Å²) in [5, 5.41) is 9.01. The maximum Gasteiger partial charge on any atom is 0.208 e. The first-order valence-corrected chi connectivity index (χ1v) is 5.79. The van der Waals surface area contributed by atoms with Crippen LogP contribution in [-0.2, 0) is 0 Å². The van der Waals surface area contributed by atoms with E-state index in [0.29, 0.717) is 0 Å². The highest BCUT2D eigenvalue weighted by Crippen LogP contribution is 2.26. The van der Waals surface area contributed by atoms with Gasteiger partial charge in [0, 0.05) is 25.9 Å². The standard InChI is InChI=1S/C7H14N4S2/c1-5(8)4-12-7-10-9-6(13-7)11(2)3/h5H,4,8H2,1-3H3. The minimum atomic E-state index is 0.205. The Balaban J connectivity index is 2.49. The summed E-state index contributed by atoms with van der Waals surface area (Å²) in [5.41, 5.74) is 5.63. The van der Waals surface area contributed by atoms with Gasteiger partial charge in [-0.25, -0.2) is 0 Å². The van der Waals surface area contributed by atoms with Gasteiger partial charge < -0.3 is 10.6 Å². The van der Waals surface area contributed by atoms with Crippen LogP contribution >= 0.6 is 23.1 Å². The number of thioether (sulfide) groups is 1. The third-order valence-electron chi connectivity index (χ3n) is 1.25. The zero-order chi connectivity index (χ0) is 9.84. The number of hydrogen-bond acceptors (Lipinski definition) is 6. The van der Waals surface area contributed by atoms with Crippen LogP contribution in [0.4, 0.5) is 5.13 Å². The molecule has 4 nitrogen and oxygen atoms in total. The Labute approximate surface area is 86.5 Å². The zero-order valence-electron chi connectivity index (χ0n) is 8.02. The molecule has 0 aliphatic carbocycles. The van der Waals surface area contributed by atoms with Crippen molar-refractivity contribution in [3.63, 3.8) is 0 Å². The summed E-state index contributed by atoms with van der Waals surface area (Å²) in [5.74, 6) is 0.891. The maximum absolute atomic E-state index is 5.63. The number of hydrogen-bond donors (Lipinski definition) is 1. The van der Waals surface area contributed by atoms with Crippen molar-refractivity contribution in [2.75, 3.05) is 24.7 Å². The lowest BCUT2D eigenvalue weighted by Crippen LogP contribution is -2.17. The van der Waals surface area contributed by atoms with E-state index >= 15 is 0 Å². The fraction of sp³-hybridized carbons (Fsp3) is 0.714. The summed E-state index contributed by atoms with van der Waals surface area (Å²) >= 11 is 3.25. The molecule has 0 radical (unpaired) electrons. The van der Waals surface area contributed by atoms with Crippen LogP contribution in [0.2, 0.25) is 0 Å². The van der Waals surface area contributed by atoms with Gasteiger partial charge in [-0.3, -0.25) is 0 Å². The predicted octanol–water partition coefficient (Wildman–Crippen LogP) is 1.04. The van der Waals surface area contributed by atoms with Crippen molar-refractivity contribution < 1.29 is 0 Å². The average Bonchev–Trinajstić information content (AvgIpc) is 2.48. The van der Waals surface area contributed by atoms with Crippen molar-refractivity contribution in [1.82, 2.24) is 10.2 Å². The molecule has 74 valence electrons. The van der Waals surface area contributed by atoms with Crippen LogP contribution in [-0.4, -0.2) is 36.1 Å². The summed E-state index contributed by atoms with van der Waals surface area (Å²) in [7, 11) is 3.92. The van der Waals surface area contributed by atoms with Crippen LogP contribution in [0, 0.1) is 0 Å². The highest BCUT2D eigenvalue weighted by atomic mass is 32.2. The molecule has 2 N–H and O–H groups in total. The lowest BCUT2D eigenvalue weighted by atomic mass is 10.4. The highest BCUT2D eigenvalue weighted by molar-refractivity contribution is 8.01. The van der Waals surface area contributed by atoms with E-state index < -0.39 is 0 Å². The Morgan fingerprint density at radius 3 is 2.69 bits per heavy atom. The Morgan fingerprint density at radius 2 is 2.23 bits per heavy atom. The molecular weight excluding hydrogens is 204 g/mol. The topological polar surface area (TPSA) is 55.0 Å². The number of nitrogens with two attached hydrogens (primary N) is 1. The molecule has 0 amide bonds. The second kappa shape index (κ2) is 4.78. The fourth-order valence-electron chi connectivity index (χ4n) is 0.644. The van der Waals surface area contributed by atoms with Crippen molar-refractivity contribution >= 4 is 28.2 Å². The van der Waals surface area contributed by atoms with Gasteiger partial charge in [-0.1, -0.05) is 23.1 Å². The molecule has 1 heterocycles. The molecule has 1 rings (SSSR count). The molecule has 1 aromatic heterocycles. The van der Waals surface area contributed by atoms with E-state index in [1.54, 1.807) is 23.1 Å².